The first-order valence-electron chi connectivity index (χ1n) is 8.78. The van der Waals surface area contributed by atoms with E-state index in [2.05, 4.69) is 33.0 Å². The van der Waals surface area contributed by atoms with Gasteiger partial charge >= 0.3 is 5.97 Å². The number of hydrogen-bond donors (Lipinski definition) is 0. The van der Waals surface area contributed by atoms with Crippen LogP contribution in [0.15, 0.2) is 53.0 Å². The lowest BCUT2D eigenvalue weighted by Gasteiger charge is -2.36. The molecule has 0 spiro atoms. The molecule has 5 heteroatoms. The zero-order valence-corrected chi connectivity index (χ0v) is 16.4. The lowest BCUT2D eigenvalue weighted by molar-refractivity contribution is -0.120. The Labute approximate surface area is 162 Å². The number of carbonyl (C=O) groups excluding carboxylic acids is 2. The number of halogens is 1. The van der Waals surface area contributed by atoms with Crippen LogP contribution in [0.1, 0.15) is 41.6 Å². The molecule has 0 amide bonds. The van der Waals surface area contributed by atoms with Crippen LogP contribution in [0.3, 0.4) is 0 Å². The summed E-state index contributed by atoms with van der Waals surface area (Å²) in [4.78, 5) is 25.8. The van der Waals surface area contributed by atoms with Crippen LogP contribution in [0.5, 0.6) is 0 Å². The summed E-state index contributed by atoms with van der Waals surface area (Å²) >= 11 is 3.62. The van der Waals surface area contributed by atoms with Gasteiger partial charge in [0.1, 0.15) is 5.78 Å². The summed E-state index contributed by atoms with van der Waals surface area (Å²) in [5, 5.41) is 0. The van der Waals surface area contributed by atoms with Crippen LogP contribution in [-0.2, 0) is 16.1 Å². The van der Waals surface area contributed by atoms with Gasteiger partial charge in [-0.25, -0.2) is 4.79 Å². The lowest BCUT2D eigenvalue weighted by Crippen LogP contribution is -2.38. The minimum Gasteiger partial charge on any atom is -0.465 e. The zero-order chi connectivity index (χ0) is 18.5. The molecule has 0 radical (unpaired) electrons. The van der Waals surface area contributed by atoms with Gasteiger partial charge in [-0.1, -0.05) is 30.3 Å². The monoisotopic (exact) mass is 415 g/mol. The molecule has 1 saturated carbocycles. The minimum absolute atomic E-state index is 0.299. The van der Waals surface area contributed by atoms with Gasteiger partial charge in [-0.15, -0.1) is 0 Å². The average Bonchev–Trinajstić information content (AvgIpc) is 2.67. The maximum Gasteiger partial charge on any atom is 0.337 e. The third-order valence-electron chi connectivity index (χ3n) is 4.83. The number of nitrogens with zero attached hydrogens (tertiary/aromatic N) is 1. The number of carbonyl (C=O) groups is 2. The van der Waals surface area contributed by atoms with Gasteiger partial charge in [-0.3, -0.25) is 4.79 Å². The van der Waals surface area contributed by atoms with Crippen LogP contribution >= 0.6 is 15.9 Å². The molecule has 136 valence electrons. The molecule has 0 bridgehead atoms. The molecule has 0 heterocycles. The molecule has 26 heavy (non-hydrogen) atoms. The topological polar surface area (TPSA) is 46.6 Å². The van der Waals surface area contributed by atoms with E-state index < -0.39 is 0 Å². The molecule has 0 saturated heterocycles. The highest BCUT2D eigenvalue weighted by Crippen LogP contribution is 2.34. The second kappa shape index (κ2) is 8.49. The largest absolute Gasteiger partial charge is 0.465 e. The minimum atomic E-state index is -0.352. The Kier molecular flexibility index (Phi) is 6.09. The summed E-state index contributed by atoms with van der Waals surface area (Å²) in [6.07, 6.45) is 2.98. The van der Waals surface area contributed by atoms with E-state index in [0.717, 1.165) is 29.5 Å². The fourth-order valence-electron chi connectivity index (χ4n) is 3.41. The highest BCUT2D eigenvalue weighted by Gasteiger charge is 2.26. The van der Waals surface area contributed by atoms with Gasteiger partial charge in [0.25, 0.3) is 0 Å². The van der Waals surface area contributed by atoms with Crippen molar-refractivity contribution >= 4 is 33.4 Å². The molecule has 3 rings (SSSR count). The molecule has 1 aliphatic carbocycles. The summed E-state index contributed by atoms with van der Waals surface area (Å²) in [5.74, 6) is -0.00358. The molecular formula is C21H22BrNO3. The van der Waals surface area contributed by atoms with Crippen molar-refractivity contribution in [1.29, 1.82) is 0 Å². The van der Waals surface area contributed by atoms with Crippen LogP contribution in [0, 0.1) is 0 Å². The zero-order valence-electron chi connectivity index (χ0n) is 14.8. The van der Waals surface area contributed by atoms with Gasteiger partial charge in [0.2, 0.25) is 0 Å². The van der Waals surface area contributed by atoms with Crippen LogP contribution in [0.4, 0.5) is 5.69 Å². The maximum absolute atomic E-state index is 11.8. The molecule has 1 aliphatic rings. The fourth-order valence-corrected chi connectivity index (χ4v) is 4.02. The third kappa shape index (κ3) is 4.33. The van der Waals surface area contributed by atoms with Crippen molar-refractivity contribution in [2.24, 2.45) is 0 Å². The molecule has 1 fully saturated rings. The van der Waals surface area contributed by atoms with E-state index >= 15 is 0 Å². The third-order valence-corrected chi connectivity index (χ3v) is 5.46. The molecule has 0 aromatic heterocycles. The summed E-state index contributed by atoms with van der Waals surface area (Å²) < 4.78 is 5.66. The van der Waals surface area contributed by atoms with Crippen LogP contribution in [0.25, 0.3) is 0 Å². The number of hydrogen-bond acceptors (Lipinski definition) is 4. The number of methoxy groups -OCH3 is 1. The second-order valence-corrected chi connectivity index (χ2v) is 7.40. The predicted octanol–water partition coefficient (Wildman–Crippen LogP) is 4.75. The van der Waals surface area contributed by atoms with Crippen molar-refractivity contribution in [2.45, 2.75) is 38.3 Å². The van der Waals surface area contributed by atoms with E-state index in [0.29, 0.717) is 30.2 Å². The number of benzene rings is 2. The van der Waals surface area contributed by atoms with Gasteiger partial charge in [-0.2, -0.15) is 0 Å². The number of esters is 1. The first-order chi connectivity index (χ1) is 12.6. The summed E-state index contributed by atoms with van der Waals surface area (Å²) in [6, 6.07) is 16.1. The lowest BCUT2D eigenvalue weighted by atomic mass is 9.92. The van der Waals surface area contributed by atoms with Crippen molar-refractivity contribution in [2.75, 3.05) is 12.0 Å². The molecule has 0 unspecified atom stereocenters. The average molecular weight is 416 g/mol. The highest BCUT2D eigenvalue weighted by atomic mass is 79.9. The van der Waals surface area contributed by atoms with E-state index in [-0.39, 0.29) is 5.97 Å². The van der Waals surface area contributed by atoms with E-state index in [1.165, 1.54) is 12.7 Å². The van der Waals surface area contributed by atoms with E-state index in [1.54, 1.807) is 12.1 Å². The SMILES string of the molecule is COC(=O)c1ccc(N(Cc2ccccc2)C2CCC(=O)CC2)c(Br)c1. The molecule has 0 aliphatic heterocycles. The van der Waals surface area contributed by atoms with Crippen molar-refractivity contribution in [3.8, 4) is 0 Å². The normalized spacial score (nSPS) is 14.9. The van der Waals surface area contributed by atoms with Gasteiger partial charge in [0.05, 0.1) is 18.4 Å². The van der Waals surface area contributed by atoms with Crippen LogP contribution < -0.4 is 4.90 Å². The van der Waals surface area contributed by atoms with E-state index in [1.807, 2.05) is 24.3 Å². The number of anilines is 1. The van der Waals surface area contributed by atoms with Gasteiger partial charge in [-0.05, 0) is 52.5 Å². The summed E-state index contributed by atoms with van der Waals surface area (Å²) in [5.41, 5.74) is 2.76. The molecule has 4 nitrogen and oxygen atoms in total. The Balaban J connectivity index is 1.92. The smallest absolute Gasteiger partial charge is 0.337 e. The van der Waals surface area contributed by atoms with Crippen molar-refractivity contribution < 1.29 is 14.3 Å². The Morgan fingerprint density at radius 3 is 2.46 bits per heavy atom. The molecule has 0 N–H and O–H groups in total. The standard InChI is InChI=1S/C21H22BrNO3/c1-26-21(25)16-7-12-20(19(22)13-16)23(14-15-5-3-2-4-6-15)17-8-10-18(24)11-9-17/h2-7,12-13,17H,8-11,14H2,1H3. The Hall–Kier alpha value is -2.14. The van der Waals surface area contributed by atoms with E-state index in [9.17, 15) is 9.59 Å². The number of Topliss-reactive ketones (excluding diaryl/α,β-unsaturated/α-hetero) is 1. The predicted molar refractivity (Wildman–Crippen MR) is 105 cm³/mol. The molecule has 2 aromatic rings. The van der Waals surface area contributed by atoms with Crippen molar-refractivity contribution in [3.05, 3.63) is 64.1 Å². The number of rotatable bonds is 5. The van der Waals surface area contributed by atoms with Crippen LogP contribution in [0.2, 0.25) is 0 Å². The number of ether oxygens (including phenoxy) is 1. The van der Waals surface area contributed by atoms with Crippen LogP contribution in [-0.4, -0.2) is 24.9 Å². The molecule has 2 aromatic carbocycles. The molecule has 0 atom stereocenters. The van der Waals surface area contributed by atoms with Gasteiger partial charge < -0.3 is 9.64 Å². The Bertz CT molecular complexity index is 781. The Morgan fingerprint density at radius 2 is 1.85 bits per heavy atom. The fraction of sp³-hybridized carbons (Fsp3) is 0.333. The van der Waals surface area contributed by atoms with Gasteiger partial charge in [0, 0.05) is 29.9 Å². The quantitative estimate of drug-likeness (QED) is 0.660. The summed E-state index contributed by atoms with van der Waals surface area (Å²) in [6.45, 7) is 0.760. The Morgan fingerprint density at radius 1 is 1.15 bits per heavy atom. The second-order valence-electron chi connectivity index (χ2n) is 6.54. The summed E-state index contributed by atoms with van der Waals surface area (Å²) in [7, 11) is 1.38. The van der Waals surface area contributed by atoms with Crippen molar-refractivity contribution in [1.82, 2.24) is 0 Å². The first-order valence-corrected chi connectivity index (χ1v) is 9.58. The molecular weight excluding hydrogens is 394 g/mol. The highest BCUT2D eigenvalue weighted by molar-refractivity contribution is 9.10. The van der Waals surface area contributed by atoms with E-state index in [4.69, 9.17) is 4.74 Å². The van der Waals surface area contributed by atoms with Gasteiger partial charge in [0.15, 0.2) is 0 Å². The van der Waals surface area contributed by atoms with Crippen molar-refractivity contribution in [3.63, 3.8) is 0 Å². The number of ketones is 1. The maximum atomic E-state index is 11.8. The first kappa shape index (κ1) is 18.6.